The van der Waals surface area contributed by atoms with Gasteiger partial charge in [-0.1, -0.05) is 45.4 Å². The maximum Gasteiger partial charge on any atom is 0.400 e. The lowest BCUT2D eigenvalue weighted by Gasteiger charge is -2.26. The summed E-state index contributed by atoms with van der Waals surface area (Å²) in [5.74, 6) is -2.59. The summed E-state index contributed by atoms with van der Waals surface area (Å²) in [6.45, 7) is 6.18. The van der Waals surface area contributed by atoms with Crippen LogP contribution in [0.2, 0.25) is 0 Å². The Bertz CT molecular complexity index is 262. The Morgan fingerprint density at radius 1 is 0.950 bits per heavy atom. The molecule has 0 aliphatic carbocycles. The molecular formula is C15H28F3NO. The van der Waals surface area contributed by atoms with Crippen molar-refractivity contribution in [1.82, 2.24) is 4.90 Å². The first-order valence-electron chi connectivity index (χ1n) is 7.73. The van der Waals surface area contributed by atoms with Gasteiger partial charge in [0.25, 0.3) is 0 Å². The Kier molecular flexibility index (Phi) is 9.68. The largest absolute Gasteiger partial charge is 0.400 e. The summed E-state index contributed by atoms with van der Waals surface area (Å²) in [7, 11) is 0. The van der Waals surface area contributed by atoms with Crippen LogP contribution in [0.3, 0.4) is 0 Å². The van der Waals surface area contributed by atoms with Crippen LogP contribution in [0.4, 0.5) is 13.2 Å². The van der Waals surface area contributed by atoms with Crippen molar-refractivity contribution in [3.8, 4) is 0 Å². The van der Waals surface area contributed by atoms with Gasteiger partial charge in [0.2, 0.25) is 5.91 Å². The van der Waals surface area contributed by atoms with Gasteiger partial charge in [-0.3, -0.25) is 4.79 Å². The molecule has 1 unspecified atom stereocenters. The van der Waals surface area contributed by atoms with Crippen LogP contribution in [-0.2, 0) is 4.79 Å². The standard InChI is InChI=1S/C15H28F3NO/c1-4-7-8-9-10-11-12-13(15(16,17)18)14(20)19(5-2)6-3/h13H,4-12H2,1-3H3. The van der Waals surface area contributed by atoms with Crippen molar-refractivity contribution in [2.24, 2.45) is 5.92 Å². The molecule has 2 nitrogen and oxygen atoms in total. The molecule has 1 atom stereocenters. The molecule has 0 aliphatic rings. The quantitative estimate of drug-likeness (QED) is 0.531. The lowest BCUT2D eigenvalue weighted by Crippen LogP contribution is -2.42. The van der Waals surface area contributed by atoms with Crippen LogP contribution in [0.25, 0.3) is 0 Å². The fourth-order valence-corrected chi connectivity index (χ4v) is 2.31. The second-order valence-corrected chi connectivity index (χ2v) is 5.16. The molecule has 120 valence electrons. The van der Waals surface area contributed by atoms with Gasteiger partial charge in [-0.15, -0.1) is 0 Å². The summed E-state index contributed by atoms with van der Waals surface area (Å²) in [6, 6.07) is 0. The minimum absolute atomic E-state index is 0.0784. The number of hydrogen-bond donors (Lipinski definition) is 0. The van der Waals surface area contributed by atoms with Crippen molar-refractivity contribution in [3.05, 3.63) is 0 Å². The van der Waals surface area contributed by atoms with E-state index in [4.69, 9.17) is 0 Å². The molecule has 0 N–H and O–H groups in total. The molecule has 0 aromatic carbocycles. The van der Waals surface area contributed by atoms with Crippen molar-refractivity contribution in [1.29, 1.82) is 0 Å². The van der Waals surface area contributed by atoms with Gasteiger partial charge in [-0.25, -0.2) is 0 Å². The predicted octanol–water partition coefficient (Wildman–Crippen LogP) is 4.78. The number of carbonyl (C=O) groups excluding carboxylic acids is 1. The molecule has 0 bridgehead atoms. The van der Waals surface area contributed by atoms with E-state index in [1.54, 1.807) is 13.8 Å². The third-order valence-electron chi connectivity index (χ3n) is 3.61. The third kappa shape index (κ3) is 7.15. The number of rotatable bonds is 10. The van der Waals surface area contributed by atoms with E-state index < -0.39 is 18.0 Å². The number of amides is 1. The van der Waals surface area contributed by atoms with Crippen molar-refractivity contribution in [2.45, 2.75) is 71.9 Å². The summed E-state index contributed by atoms with van der Waals surface area (Å²) in [4.78, 5) is 13.2. The molecule has 0 radical (unpaired) electrons. The van der Waals surface area contributed by atoms with E-state index in [0.717, 1.165) is 32.1 Å². The Morgan fingerprint density at radius 2 is 1.45 bits per heavy atom. The highest BCUT2D eigenvalue weighted by Gasteiger charge is 2.45. The first kappa shape index (κ1) is 19.3. The molecule has 20 heavy (non-hydrogen) atoms. The van der Waals surface area contributed by atoms with Gasteiger partial charge in [0, 0.05) is 13.1 Å². The van der Waals surface area contributed by atoms with E-state index in [2.05, 4.69) is 6.92 Å². The molecule has 0 spiro atoms. The van der Waals surface area contributed by atoms with Gasteiger partial charge >= 0.3 is 6.18 Å². The van der Waals surface area contributed by atoms with Gasteiger partial charge in [-0.2, -0.15) is 13.2 Å². The monoisotopic (exact) mass is 295 g/mol. The molecule has 5 heteroatoms. The van der Waals surface area contributed by atoms with E-state index >= 15 is 0 Å². The molecule has 0 fully saturated rings. The van der Waals surface area contributed by atoms with Crippen molar-refractivity contribution < 1.29 is 18.0 Å². The minimum atomic E-state index is -4.43. The Morgan fingerprint density at radius 3 is 1.90 bits per heavy atom. The Hall–Kier alpha value is -0.740. The lowest BCUT2D eigenvalue weighted by molar-refractivity contribution is -0.190. The van der Waals surface area contributed by atoms with Crippen molar-refractivity contribution in [2.75, 3.05) is 13.1 Å². The van der Waals surface area contributed by atoms with E-state index in [9.17, 15) is 18.0 Å². The van der Waals surface area contributed by atoms with Crippen LogP contribution in [-0.4, -0.2) is 30.1 Å². The number of halogens is 3. The van der Waals surface area contributed by atoms with Gasteiger partial charge < -0.3 is 4.90 Å². The van der Waals surface area contributed by atoms with Crippen molar-refractivity contribution >= 4 is 5.91 Å². The molecule has 0 rings (SSSR count). The molecule has 1 amide bonds. The van der Waals surface area contributed by atoms with Crippen LogP contribution in [0.1, 0.15) is 65.7 Å². The van der Waals surface area contributed by atoms with E-state index in [-0.39, 0.29) is 6.42 Å². The number of unbranched alkanes of at least 4 members (excludes halogenated alkanes) is 5. The Balaban J connectivity index is 4.34. The fourth-order valence-electron chi connectivity index (χ4n) is 2.31. The third-order valence-corrected chi connectivity index (χ3v) is 3.61. The van der Waals surface area contributed by atoms with Crippen molar-refractivity contribution in [3.63, 3.8) is 0 Å². The van der Waals surface area contributed by atoms with Crippen LogP contribution < -0.4 is 0 Å². The summed E-state index contributed by atoms with van der Waals surface area (Å²) < 4.78 is 39.0. The van der Waals surface area contributed by atoms with Gasteiger partial charge in [0.15, 0.2) is 0 Å². The number of nitrogens with zero attached hydrogens (tertiary/aromatic N) is 1. The number of carbonyl (C=O) groups is 1. The maximum absolute atomic E-state index is 13.0. The summed E-state index contributed by atoms with van der Waals surface area (Å²) in [5, 5.41) is 0. The molecule has 0 aromatic rings. The van der Waals surface area contributed by atoms with E-state index in [0.29, 0.717) is 19.5 Å². The predicted molar refractivity (Wildman–Crippen MR) is 75.5 cm³/mol. The van der Waals surface area contributed by atoms with E-state index in [1.165, 1.54) is 4.90 Å². The van der Waals surface area contributed by atoms with Gasteiger partial charge in [0.1, 0.15) is 5.92 Å². The smallest absolute Gasteiger partial charge is 0.343 e. The molecule has 0 heterocycles. The average Bonchev–Trinajstić information content (AvgIpc) is 2.37. The highest BCUT2D eigenvalue weighted by molar-refractivity contribution is 5.79. The fraction of sp³-hybridized carbons (Fsp3) is 0.933. The topological polar surface area (TPSA) is 20.3 Å². The minimum Gasteiger partial charge on any atom is -0.343 e. The normalized spacial score (nSPS) is 13.3. The number of alkyl halides is 3. The average molecular weight is 295 g/mol. The lowest BCUT2D eigenvalue weighted by atomic mass is 9.98. The summed E-state index contributed by atoms with van der Waals surface area (Å²) >= 11 is 0. The van der Waals surface area contributed by atoms with Crippen LogP contribution in [0.15, 0.2) is 0 Å². The summed E-state index contributed by atoms with van der Waals surface area (Å²) in [6.07, 6.45) is 1.01. The van der Waals surface area contributed by atoms with E-state index in [1.807, 2.05) is 0 Å². The summed E-state index contributed by atoms with van der Waals surface area (Å²) in [5.41, 5.74) is 0. The second-order valence-electron chi connectivity index (χ2n) is 5.16. The second kappa shape index (κ2) is 10.1. The molecule has 0 saturated heterocycles. The molecule has 0 saturated carbocycles. The van der Waals surface area contributed by atoms with Crippen LogP contribution in [0.5, 0.6) is 0 Å². The van der Waals surface area contributed by atoms with Crippen LogP contribution >= 0.6 is 0 Å². The zero-order valence-corrected chi connectivity index (χ0v) is 12.9. The number of hydrogen-bond acceptors (Lipinski definition) is 1. The first-order valence-corrected chi connectivity index (χ1v) is 7.73. The van der Waals surface area contributed by atoms with Gasteiger partial charge in [0.05, 0.1) is 0 Å². The van der Waals surface area contributed by atoms with Crippen LogP contribution in [0, 0.1) is 5.92 Å². The van der Waals surface area contributed by atoms with Gasteiger partial charge in [-0.05, 0) is 20.3 Å². The zero-order chi connectivity index (χ0) is 15.6. The zero-order valence-electron chi connectivity index (χ0n) is 12.9. The molecular weight excluding hydrogens is 267 g/mol. The highest BCUT2D eigenvalue weighted by Crippen LogP contribution is 2.32. The molecule has 0 aliphatic heterocycles. The maximum atomic E-state index is 13.0. The molecule has 0 aromatic heterocycles. The Labute approximate surface area is 120 Å². The highest BCUT2D eigenvalue weighted by atomic mass is 19.4. The first-order chi connectivity index (χ1) is 9.38. The SMILES string of the molecule is CCCCCCCCC(C(=O)N(CC)CC)C(F)(F)F.